The Bertz CT molecular complexity index is 914. The van der Waals surface area contributed by atoms with Crippen LogP contribution < -0.4 is 15.4 Å². The maximum Gasteiger partial charge on any atom is 0.416 e. The number of hydrogen-bond acceptors (Lipinski definition) is 5. The average Bonchev–Trinajstić information content (AvgIpc) is 2.72. The van der Waals surface area contributed by atoms with E-state index in [1.807, 2.05) is 6.92 Å². The lowest BCUT2D eigenvalue weighted by molar-refractivity contribution is -0.147. The molecule has 0 aliphatic carbocycles. The van der Waals surface area contributed by atoms with Crippen LogP contribution in [-0.2, 0) is 25.3 Å². The van der Waals surface area contributed by atoms with Gasteiger partial charge < -0.3 is 20.1 Å². The number of benzene rings is 2. The van der Waals surface area contributed by atoms with Crippen molar-refractivity contribution < 1.29 is 37.0 Å². The molecule has 0 saturated heterocycles. The summed E-state index contributed by atoms with van der Waals surface area (Å²) in [6, 6.07) is 10.7. The highest BCUT2D eigenvalue weighted by molar-refractivity contribution is 5.94. The molecular weight excluding hydrogens is 417 g/mol. The van der Waals surface area contributed by atoms with Crippen molar-refractivity contribution in [2.75, 3.05) is 23.8 Å². The number of ether oxygens (including phenoxy) is 2. The predicted octanol–water partition coefficient (Wildman–Crippen LogP) is 4.00. The molecule has 2 N–H and O–H groups in total. The second-order valence-electron chi connectivity index (χ2n) is 6.29. The van der Waals surface area contributed by atoms with Crippen LogP contribution in [-0.4, -0.2) is 31.0 Å². The molecule has 2 aromatic carbocycles. The maximum atomic E-state index is 12.7. The monoisotopic (exact) mass is 438 g/mol. The van der Waals surface area contributed by atoms with Crippen LogP contribution in [0.25, 0.3) is 0 Å². The van der Waals surface area contributed by atoms with Gasteiger partial charge in [0.1, 0.15) is 5.75 Å². The molecule has 166 valence electrons. The van der Waals surface area contributed by atoms with Crippen molar-refractivity contribution in [2.24, 2.45) is 0 Å². The molecule has 2 rings (SSSR count). The summed E-state index contributed by atoms with van der Waals surface area (Å²) in [6.45, 7) is 1.69. The molecule has 0 aliphatic heterocycles. The van der Waals surface area contributed by atoms with Crippen molar-refractivity contribution in [3.05, 3.63) is 54.1 Å². The number of halogens is 3. The topological polar surface area (TPSA) is 93.7 Å². The third kappa shape index (κ3) is 8.37. The second-order valence-corrected chi connectivity index (χ2v) is 6.29. The number of alkyl halides is 3. The smallest absolute Gasteiger partial charge is 0.416 e. The molecule has 0 heterocycles. The Morgan fingerprint density at radius 3 is 2.23 bits per heavy atom. The number of carbonyl (C=O) groups excluding carboxylic acids is 3. The standard InChI is InChI=1S/C21H21F3N2O5/c1-2-30-17-8-6-15(7-9-17)25-18(27)10-11-20(29)31-13-19(28)26-16-5-3-4-14(12-16)21(22,23)24/h3-9,12H,2,10-11,13H2,1H3,(H,25,27)(H,26,28). The fourth-order valence-electron chi connectivity index (χ4n) is 2.43. The number of esters is 1. The lowest BCUT2D eigenvalue weighted by atomic mass is 10.2. The van der Waals surface area contributed by atoms with E-state index in [-0.39, 0.29) is 18.5 Å². The second kappa shape index (κ2) is 11.0. The first kappa shape index (κ1) is 23.7. The highest BCUT2D eigenvalue weighted by Gasteiger charge is 2.30. The Morgan fingerprint density at radius 2 is 1.58 bits per heavy atom. The van der Waals surface area contributed by atoms with E-state index in [0.717, 1.165) is 18.2 Å². The van der Waals surface area contributed by atoms with Crippen molar-refractivity contribution >= 4 is 29.2 Å². The Hall–Kier alpha value is -3.56. The van der Waals surface area contributed by atoms with E-state index >= 15 is 0 Å². The highest BCUT2D eigenvalue weighted by atomic mass is 19.4. The van der Waals surface area contributed by atoms with Gasteiger partial charge in [-0.05, 0) is 49.4 Å². The Morgan fingerprint density at radius 1 is 0.903 bits per heavy atom. The maximum absolute atomic E-state index is 12.7. The zero-order valence-corrected chi connectivity index (χ0v) is 16.6. The summed E-state index contributed by atoms with van der Waals surface area (Å²) in [4.78, 5) is 35.4. The molecule has 0 aromatic heterocycles. The number of amides is 2. The van der Waals surface area contributed by atoms with E-state index in [1.165, 1.54) is 6.07 Å². The Balaban J connectivity index is 1.71. The van der Waals surface area contributed by atoms with E-state index in [4.69, 9.17) is 9.47 Å². The van der Waals surface area contributed by atoms with Crippen LogP contribution in [0.3, 0.4) is 0 Å². The van der Waals surface area contributed by atoms with Gasteiger partial charge in [0, 0.05) is 17.8 Å². The van der Waals surface area contributed by atoms with Gasteiger partial charge in [0.2, 0.25) is 5.91 Å². The van der Waals surface area contributed by atoms with Gasteiger partial charge in [-0.1, -0.05) is 6.07 Å². The van der Waals surface area contributed by atoms with E-state index < -0.39 is 36.1 Å². The van der Waals surface area contributed by atoms with Gasteiger partial charge in [0.25, 0.3) is 5.91 Å². The first-order valence-electron chi connectivity index (χ1n) is 9.33. The van der Waals surface area contributed by atoms with Crippen LogP contribution in [0.2, 0.25) is 0 Å². The largest absolute Gasteiger partial charge is 0.494 e. The molecule has 0 spiro atoms. The van der Waals surface area contributed by atoms with Crippen molar-refractivity contribution in [3.63, 3.8) is 0 Å². The average molecular weight is 438 g/mol. The molecule has 0 bridgehead atoms. The third-order valence-corrected chi connectivity index (χ3v) is 3.84. The molecule has 0 radical (unpaired) electrons. The number of rotatable bonds is 9. The molecule has 2 aromatic rings. The predicted molar refractivity (Wildman–Crippen MR) is 107 cm³/mol. The lowest BCUT2D eigenvalue weighted by Crippen LogP contribution is -2.22. The van der Waals surface area contributed by atoms with Gasteiger partial charge >= 0.3 is 12.1 Å². The van der Waals surface area contributed by atoms with Crippen molar-refractivity contribution in [1.29, 1.82) is 0 Å². The van der Waals surface area contributed by atoms with Gasteiger partial charge in [-0.3, -0.25) is 14.4 Å². The molecule has 0 unspecified atom stereocenters. The van der Waals surface area contributed by atoms with Crippen LogP contribution >= 0.6 is 0 Å². The fraction of sp³-hybridized carbons (Fsp3) is 0.286. The first-order chi connectivity index (χ1) is 14.7. The highest BCUT2D eigenvalue weighted by Crippen LogP contribution is 2.30. The zero-order chi connectivity index (χ0) is 22.9. The van der Waals surface area contributed by atoms with Crippen LogP contribution in [0.4, 0.5) is 24.5 Å². The van der Waals surface area contributed by atoms with Crippen LogP contribution in [0.5, 0.6) is 5.75 Å². The summed E-state index contributed by atoms with van der Waals surface area (Å²) >= 11 is 0. The van der Waals surface area contributed by atoms with E-state index in [2.05, 4.69) is 10.6 Å². The minimum atomic E-state index is -4.54. The molecule has 7 nitrogen and oxygen atoms in total. The number of carbonyl (C=O) groups is 3. The molecule has 0 saturated carbocycles. The fourth-order valence-corrected chi connectivity index (χ4v) is 2.43. The summed E-state index contributed by atoms with van der Waals surface area (Å²) in [5, 5.41) is 4.82. The van der Waals surface area contributed by atoms with Gasteiger partial charge in [0.15, 0.2) is 6.61 Å². The molecular formula is C21H21F3N2O5. The number of anilines is 2. The minimum Gasteiger partial charge on any atom is -0.494 e. The third-order valence-electron chi connectivity index (χ3n) is 3.84. The van der Waals surface area contributed by atoms with Gasteiger partial charge in [-0.2, -0.15) is 13.2 Å². The lowest BCUT2D eigenvalue weighted by Gasteiger charge is -2.10. The minimum absolute atomic E-state index is 0.0781. The summed E-state index contributed by atoms with van der Waals surface area (Å²) in [5.41, 5.74) is -0.464. The van der Waals surface area contributed by atoms with E-state index in [0.29, 0.717) is 18.0 Å². The molecule has 2 amide bonds. The van der Waals surface area contributed by atoms with E-state index in [1.54, 1.807) is 24.3 Å². The first-order valence-corrected chi connectivity index (χ1v) is 9.33. The molecule has 0 aliphatic rings. The molecule has 0 atom stereocenters. The summed E-state index contributed by atoms with van der Waals surface area (Å²) in [5.74, 6) is -1.35. The summed E-state index contributed by atoms with van der Waals surface area (Å²) in [7, 11) is 0. The Kier molecular flexibility index (Phi) is 8.42. The number of hydrogen-bond donors (Lipinski definition) is 2. The molecule has 31 heavy (non-hydrogen) atoms. The zero-order valence-electron chi connectivity index (χ0n) is 16.6. The summed E-state index contributed by atoms with van der Waals surface area (Å²) < 4.78 is 48.1. The Labute approximate surface area is 176 Å². The van der Waals surface area contributed by atoms with Crippen LogP contribution in [0.1, 0.15) is 25.3 Å². The van der Waals surface area contributed by atoms with Crippen molar-refractivity contribution in [2.45, 2.75) is 25.9 Å². The van der Waals surface area contributed by atoms with Crippen molar-refractivity contribution in [1.82, 2.24) is 0 Å². The molecule has 10 heteroatoms. The van der Waals surface area contributed by atoms with Gasteiger partial charge in [-0.25, -0.2) is 0 Å². The van der Waals surface area contributed by atoms with Gasteiger partial charge in [0.05, 0.1) is 18.6 Å². The van der Waals surface area contributed by atoms with Crippen LogP contribution in [0.15, 0.2) is 48.5 Å². The van der Waals surface area contributed by atoms with Gasteiger partial charge in [-0.15, -0.1) is 0 Å². The van der Waals surface area contributed by atoms with E-state index in [9.17, 15) is 27.6 Å². The normalized spacial score (nSPS) is 10.8. The quantitative estimate of drug-likeness (QED) is 0.577. The summed E-state index contributed by atoms with van der Waals surface area (Å²) in [6.07, 6.45) is -4.97. The van der Waals surface area contributed by atoms with Crippen molar-refractivity contribution in [3.8, 4) is 5.75 Å². The number of nitrogens with one attached hydrogen (secondary N) is 2. The molecule has 0 fully saturated rings. The van der Waals surface area contributed by atoms with Crippen LogP contribution in [0, 0.1) is 0 Å². The SMILES string of the molecule is CCOc1ccc(NC(=O)CCC(=O)OCC(=O)Nc2cccc(C(F)(F)F)c2)cc1.